The number of aryl methyl sites for hydroxylation is 1. The van der Waals surface area contributed by atoms with Crippen molar-refractivity contribution >= 4 is 11.8 Å². The Bertz CT molecular complexity index is 752. The van der Waals surface area contributed by atoms with Crippen molar-refractivity contribution < 1.29 is 8.91 Å². The first kappa shape index (κ1) is 13.7. The van der Waals surface area contributed by atoms with Gasteiger partial charge in [-0.15, -0.1) is 10.2 Å². The van der Waals surface area contributed by atoms with Crippen LogP contribution in [0.4, 0.5) is 4.39 Å². The number of benzene rings is 1. The van der Waals surface area contributed by atoms with Gasteiger partial charge < -0.3 is 9.09 Å². The first-order valence-corrected chi connectivity index (χ1v) is 7.19. The Morgan fingerprint density at radius 2 is 2.00 bits per heavy atom. The zero-order valence-corrected chi connectivity index (χ0v) is 12.3. The lowest BCUT2D eigenvalue weighted by atomic mass is 10.2. The van der Waals surface area contributed by atoms with Crippen molar-refractivity contribution in [3.8, 4) is 11.4 Å². The number of rotatable bonds is 4. The lowest BCUT2D eigenvalue weighted by Gasteiger charge is -1.97. The van der Waals surface area contributed by atoms with Crippen LogP contribution in [0.25, 0.3) is 11.4 Å². The molecule has 1 aromatic carbocycles. The van der Waals surface area contributed by atoms with Crippen molar-refractivity contribution in [3.63, 3.8) is 0 Å². The third-order valence-electron chi connectivity index (χ3n) is 2.95. The number of thioether (sulfide) groups is 1. The minimum absolute atomic E-state index is 0.296. The highest BCUT2D eigenvalue weighted by atomic mass is 32.2. The molecule has 0 aliphatic rings. The van der Waals surface area contributed by atoms with E-state index in [0.717, 1.165) is 11.0 Å². The Labute approximate surface area is 124 Å². The van der Waals surface area contributed by atoms with Crippen LogP contribution in [0.15, 0.2) is 33.9 Å². The van der Waals surface area contributed by atoms with Crippen molar-refractivity contribution in [1.29, 1.82) is 0 Å². The van der Waals surface area contributed by atoms with E-state index in [9.17, 15) is 4.39 Å². The van der Waals surface area contributed by atoms with Crippen LogP contribution in [0.5, 0.6) is 0 Å². The maximum atomic E-state index is 12.9. The van der Waals surface area contributed by atoms with Crippen LogP contribution in [-0.4, -0.2) is 24.9 Å². The molecule has 8 heteroatoms. The summed E-state index contributed by atoms with van der Waals surface area (Å²) < 4.78 is 19.9. The monoisotopic (exact) mass is 305 g/mol. The van der Waals surface area contributed by atoms with Crippen molar-refractivity contribution in [2.45, 2.75) is 17.8 Å². The average Bonchev–Trinajstić information content (AvgIpc) is 3.07. The average molecular weight is 305 g/mol. The van der Waals surface area contributed by atoms with Crippen LogP contribution < -0.4 is 0 Å². The Balaban J connectivity index is 1.70. The van der Waals surface area contributed by atoms with Gasteiger partial charge in [0.15, 0.2) is 5.16 Å². The summed E-state index contributed by atoms with van der Waals surface area (Å²) >= 11 is 1.47. The highest BCUT2D eigenvalue weighted by Gasteiger charge is 2.11. The van der Waals surface area contributed by atoms with Crippen LogP contribution >= 0.6 is 11.8 Å². The van der Waals surface area contributed by atoms with E-state index in [1.54, 1.807) is 12.1 Å². The summed E-state index contributed by atoms with van der Waals surface area (Å²) in [4.78, 5) is 4.28. The summed E-state index contributed by atoms with van der Waals surface area (Å²) in [6.07, 6.45) is 0. The number of nitrogens with zero attached hydrogens (tertiary/aromatic N) is 5. The van der Waals surface area contributed by atoms with E-state index in [1.165, 1.54) is 23.9 Å². The van der Waals surface area contributed by atoms with E-state index in [0.29, 0.717) is 23.0 Å². The van der Waals surface area contributed by atoms with E-state index in [2.05, 4.69) is 20.3 Å². The van der Waals surface area contributed by atoms with Gasteiger partial charge in [-0.3, -0.25) is 0 Å². The number of hydrogen-bond donors (Lipinski definition) is 0. The molecule has 6 nitrogen and oxygen atoms in total. The molecular weight excluding hydrogens is 293 g/mol. The SMILES string of the molecule is Cc1nnc(SCc2nc(-c3ccc(F)cc3)no2)n1C. The van der Waals surface area contributed by atoms with Gasteiger partial charge in [-0.05, 0) is 31.2 Å². The molecule has 21 heavy (non-hydrogen) atoms. The Morgan fingerprint density at radius 3 is 2.67 bits per heavy atom. The van der Waals surface area contributed by atoms with Crippen LogP contribution in [0.1, 0.15) is 11.7 Å². The summed E-state index contributed by atoms with van der Waals surface area (Å²) in [6.45, 7) is 1.89. The smallest absolute Gasteiger partial charge is 0.237 e. The molecule has 0 amide bonds. The van der Waals surface area contributed by atoms with E-state index < -0.39 is 0 Å². The quantitative estimate of drug-likeness (QED) is 0.690. The minimum atomic E-state index is -0.296. The van der Waals surface area contributed by atoms with Gasteiger partial charge in [-0.25, -0.2) is 4.39 Å². The highest BCUT2D eigenvalue weighted by Crippen LogP contribution is 2.22. The van der Waals surface area contributed by atoms with Gasteiger partial charge >= 0.3 is 0 Å². The van der Waals surface area contributed by atoms with Crippen LogP contribution in [-0.2, 0) is 12.8 Å². The Kier molecular flexibility index (Phi) is 3.70. The molecule has 0 N–H and O–H groups in total. The predicted octanol–water partition coefficient (Wildman–Crippen LogP) is 2.60. The molecule has 2 aromatic heterocycles. The largest absolute Gasteiger partial charge is 0.338 e. The van der Waals surface area contributed by atoms with E-state index in [4.69, 9.17) is 4.52 Å². The van der Waals surface area contributed by atoms with Crippen LogP contribution in [0, 0.1) is 12.7 Å². The second kappa shape index (κ2) is 5.65. The van der Waals surface area contributed by atoms with E-state index in [-0.39, 0.29) is 5.82 Å². The van der Waals surface area contributed by atoms with Crippen molar-refractivity contribution in [2.75, 3.05) is 0 Å². The van der Waals surface area contributed by atoms with Crippen molar-refractivity contribution in [2.24, 2.45) is 7.05 Å². The Morgan fingerprint density at radius 1 is 1.24 bits per heavy atom. The maximum Gasteiger partial charge on any atom is 0.237 e. The number of aromatic nitrogens is 5. The fourth-order valence-corrected chi connectivity index (χ4v) is 2.46. The predicted molar refractivity (Wildman–Crippen MR) is 75.0 cm³/mol. The highest BCUT2D eigenvalue weighted by molar-refractivity contribution is 7.98. The zero-order valence-electron chi connectivity index (χ0n) is 11.4. The standard InChI is InChI=1S/C13H12FN5OS/c1-8-16-17-13(19(8)2)21-7-11-15-12(18-20-11)9-3-5-10(14)6-4-9/h3-6H,7H2,1-2H3. The maximum absolute atomic E-state index is 12.9. The lowest BCUT2D eigenvalue weighted by molar-refractivity contribution is 0.391. The normalized spacial score (nSPS) is 11.0. The fourth-order valence-electron chi connectivity index (χ4n) is 1.67. The summed E-state index contributed by atoms with van der Waals surface area (Å²) in [5.74, 6) is 1.98. The van der Waals surface area contributed by atoms with Gasteiger partial charge in [0.1, 0.15) is 11.6 Å². The zero-order chi connectivity index (χ0) is 14.8. The fraction of sp³-hybridized carbons (Fsp3) is 0.231. The Hall–Kier alpha value is -2.22. The molecule has 2 heterocycles. The molecule has 0 radical (unpaired) electrons. The molecule has 0 saturated carbocycles. The number of hydrogen-bond acceptors (Lipinski definition) is 6. The molecule has 108 valence electrons. The molecule has 0 spiro atoms. The first-order valence-electron chi connectivity index (χ1n) is 6.21. The minimum Gasteiger partial charge on any atom is -0.338 e. The van der Waals surface area contributed by atoms with Gasteiger partial charge in [0.2, 0.25) is 11.7 Å². The molecule has 0 aliphatic carbocycles. The van der Waals surface area contributed by atoms with Gasteiger partial charge in [-0.2, -0.15) is 4.98 Å². The third-order valence-corrected chi connectivity index (χ3v) is 3.95. The van der Waals surface area contributed by atoms with Gasteiger partial charge in [-0.1, -0.05) is 16.9 Å². The number of halogens is 1. The van der Waals surface area contributed by atoms with Crippen molar-refractivity contribution in [3.05, 3.63) is 41.8 Å². The summed E-state index contributed by atoms with van der Waals surface area (Å²) in [5, 5.41) is 12.7. The third kappa shape index (κ3) is 2.94. The second-order valence-corrected chi connectivity index (χ2v) is 5.34. The molecule has 0 atom stereocenters. The van der Waals surface area contributed by atoms with E-state index in [1.807, 2.05) is 18.5 Å². The summed E-state index contributed by atoms with van der Waals surface area (Å²) in [6, 6.07) is 5.96. The molecule has 0 unspecified atom stereocenters. The van der Waals surface area contributed by atoms with Crippen molar-refractivity contribution in [1.82, 2.24) is 24.9 Å². The summed E-state index contributed by atoms with van der Waals surface area (Å²) in [7, 11) is 1.90. The molecule has 0 fully saturated rings. The van der Waals surface area contributed by atoms with E-state index >= 15 is 0 Å². The first-order chi connectivity index (χ1) is 10.1. The topological polar surface area (TPSA) is 69.6 Å². The molecule has 3 aromatic rings. The molecule has 0 saturated heterocycles. The molecule has 0 aliphatic heterocycles. The van der Waals surface area contributed by atoms with Crippen LogP contribution in [0.2, 0.25) is 0 Å². The second-order valence-electron chi connectivity index (χ2n) is 4.40. The lowest BCUT2D eigenvalue weighted by Crippen LogP contribution is -1.93. The molecular formula is C13H12FN5OS. The molecule has 3 rings (SSSR count). The molecule has 0 bridgehead atoms. The van der Waals surface area contributed by atoms with Gasteiger partial charge in [0.05, 0.1) is 5.75 Å². The van der Waals surface area contributed by atoms with Gasteiger partial charge in [0.25, 0.3) is 0 Å². The summed E-state index contributed by atoms with van der Waals surface area (Å²) in [5.41, 5.74) is 0.714. The van der Waals surface area contributed by atoms with Gasteiger partial charge in [0, 0.05) is 12.6 Å². The van der Waals surface area contributed by atoms with Crippen LogP contribution in [0.3, 0.4) is 0 Å².